The van der Waals surface area contributed by atoms with E-state index in [1.54, 1.807) is 12.3 Å². The number of hydrogen-bond acceptors (Lipinski definition) is 6. The number of ether oxygens (including phenoxy) is 1. The van der Waals surface area contributed by atoms with Crippen LogP contribution in [0.15, 0.2) is 65.2 Å². The van der Waals surface area contributed by atoms with Gasteiger partial charge in [-0.2, -0.15) is 0 Å². The molecule has 0 atom stereocenters. The van der Waals surface area contributed by atoms with Crippen molar-refractivity contribution in [3.05, 3.63) is 66.7 Å². The number of halogens is 3. The molecule has 0 aliphatic heterocycles. The second-order valence-corrected chi connectivity index (χ2v) is 6.21. The van der Waals surface area contributed by atoms with Gasteiger partial charge in [-0.25, -0.2) is 0 Å². The van der Waals surface area contributed by atoms with Gasteiger partial charge in [-0.1, -0.05) is 6.07 Å². The number of nitrogens with zero attached hydrogens (tertiary/aromatic N) is 3. The Kier molecular flexibility index (Phi) is 5.05. The maximum atomic E-state index is 12.2. The lowest BCUT2D eigenvalue weighted by molar-refractivity contribution is -0.274. The fourth-order valence-corrected chi connectivity index (χ4v) is 2.73. The third-order valence-corrected chi connectivity index (χ3v) is 4.00. The van der Waals surface area contributed by atoms with Crippen LogP contribution in [0.3, 0.4) is 0 Å². The Labute approximate surface area is 167 Å². The van der Waals surface area contributed by atoms with E-state index in [0.717, 1.165) is 23.0 Å². The van der Waals surface area contributed by atoms with Crippen LogP contribution in [0, 0.1) is 0 Å². The number of anilines is 1. The Morgan fingerprint density at radius 1 is 1.07 bits per heavy atom. The number of benzene rings is 2. The summed E-state index contributed by atoms with van der Waals surface area (Å²) in [6, 6.07) is 14.0. The lowest BCUT2D eigenvalue weighted by Gasteiger charge is -2.09. The molecule has 2 aromatic heterocycles. The Hall–Kier alpha value is -3.95. The summed E-state index contributed by atoms with van der Waals surface area (Å²) in [6.07, 6.45) is -3.27. The molecular formula is C20H13F3N4O3. The predicted octanol–water partition coefficient (Wildman–Crippen LogP) is 4.36. The highest BCUT2D eigenvalue weighted by atomic mass is 19.4. The van der Waals surface area contributed by atoms with Crippen molar-refractivity contribution in [3.63, 3.8) is 0 Å². The molecule has 10 heteroatoms. The predicted molar refractivity (Wildman–Crippen MR) is 100 cm³/mol. The standard InChI is InChI=1S/C20H13F3N4O3/c21-20(22,23)30-15-6-4-14(5-7-15)25-17(28)11-18-26-27-19(29-18)13-3-8-16-12(10-13)2-1-9-24-16/h1-10H,11H2,(H,25,28). The van der Waals surface area contributed by atoms with Crippen LogP contribution in [0.4, 0.5) is 18.9 Å². The van der Waals surface area contributed by atoms with Crippen molar-refractivity contribution in [2.45, 2.75) is 12.8 Å². The lowest BCUT2D eigenvalue weighted by atomic mass is 10.1. The molecule has 0 saturated carbocycles. The summed E-state index contributed by atoms with van der Waals surface area (Å²) in [4.78, 5) is 16.4. The number of pyridine rings is 1. The molecule has 2 aromatic carbocycles. The van der Waals surface area contributed by atoms with Gasteiger partial charge in [0.25, 0.3) is 0 Å². The molecule has 2 heterocycles. The second kappa shape index (κ2) is 7.82. The summed E-state index contributed by atoms with van der Waals surface area (Å²) in [6.45, 7) is 0. The normalized spacial score (nSPS) is 11.4. The summed E-state index contributed by atoms with van der Waals surface area (Å²) < 4.78 is 45.9. The average molecular weight is 414 g/mol. The van der Waals surface area contributed by atoms with Crippen molar-refractivity contribution in [1.29, 1.82) is 0 Å². The van der Waals surface area contributed by atoms with Crippen molar-refractivity contribution in [3.8, 4) is 17.2 Å². The fourth-order valence-electron chi connectivity index (χ4n) is 2.73. The number of hydrogen-bond donors (Lipinski definition) is 1. The smallest absolute Gasteiger partial charge is 0.420 e. The highest BCUT2D eigenvalue weighted by Gasteiger charge is 2.31. The van der Waals surface area contributed by atoms with Crippen LogP contribution in [-0.4, -0.2) is 27.5 Å². The molecule has 30 heavy (non-hydrogen) atoms. The maximum absolute atomic E-state index is 12.2. The van der Waals surface area contributed by atoms with Crippen molar-refractivity contribution < 1.29 is 27.1 Å². The monoisotopic (exact) mass is 414 g/mol. The molecule has 7 nitrogen and oxygen atoms in total. The minimum absolute atomic E-state index is 0.103. The lowest BCUT2D eigenvalue weighted by Crippen LogP contribution is -2.17. The Bertz CT molecular complexity index is 1190. The summed E-state index contributed by atoms with van der Waals surface area (Å²) in [7, 11) is 0. The summed E-state index contributed by atoms with van der Waals surface area (Å²) in [5.41, 5.74) is 1.82. The highest BCUT2D eigenvalue weighted by molar-refractivity contribution is 5.91. The number of aromatic nitrogens is 3. The third kappa shape index (κ3) is 4.72. The van der Waals surface area contributed by atoms with E-state index in [1.165, 1.54) is 12.1 Å². The molecule has 0 saturated heterocycles. The first-order valence-electron chi connectivity index (χ1n) is 8.69. The minimum atomic E-state index is -4.78. The summed E-state index contributed by atoms with van der Waals surface area (Å²) in [5, 5.41) is 11.3. The number of carbonyl (C=O) groups excluding carboxylic acids is 1. The first-order chi connectivity index (χ1) is 14.4. The zero-order valence-corrected chi connectivity index (χ0v) is 15.2. The third-order valence-electron chi connectivity index (χ3n) is 4.00. The van der Waals surface area contributed by atoms with Gasteiger partial charge in [0.15, 0.2) is 0 Å². The maximum Gasteiger partial charge on any atom is 0.573 e. The number of carbonyl (C=O) groups is 1. The Morgan fingerprint density at radius 2 is 1.87 bits per heavy atom. The van der Waals surface area contributed by atoms with Crippen molar-refractivity contribution in [2.75, 3.05) is 5.32 Å². The van der Waals surface area contributed by atoms with E-state index in [-0.39, 0.29) is 24.0 Å². The van der Waals surface area contributed by atoms with E-state index in [2.05, 4.69) is 25.2 Å². The molecular weight excluding hydrogens is 401 g/mol. The van der Waals surface area contributed by atoms with E-state index in [4.69, 9.17) is 4.42 Å². The molecule has 0 unspecified atom stereocenters. The largest absolute Gasteiger partial charge is 0.573 e. The zero-order chi connectivity index (χ0) is 21.1. The topological polar surface area (TPSA) is 90.1 Å². The molecule has 0 fully saturated rings. The van der Waals surface area contributed by atoms with Crippen LogP contribution in [0.5, 0.6) is 5.75 Å². The fraction of sp³-hybridized carbons (Fsp3) is 0.100. The van der Waals surface area contributed by atoms with E-state index in [1.807, 2.05) is 24.3 Å². The van der Waals surface area contributed by atoms with Gasteiger partial charge in [0.2, 0.25) is 17.7 Å². The van der Waals surface area contributed by atoms with Crippen molar-refractivity contribution in [2.24, 2.45) is 0 Å². The summed E-state index contributed by atoms with van der Waals surface area (Å²) in [5.74, 6) is -0.479. The molecule has 152 valence electrons. The highest BCUT2D eigenvalue weighted by Crippen LogP contribution is 2.25. The first kappa shape index (κ1) is 19.4. The van der Waals surface area contributed by atoms with Gasteiger partial charge in [0, 0.05) is 22.8 Å². The molecule has 0 radical (unpaired) electrons. The second-order valence-electron chi connectivity index (χ2n) is 6.21. The molecule has 0 spiro atoms. The van der Waals surface area contributed by atoms with Crippen LogP contribution >= 0.6 is 0 Å². The molecule has 0 bridgehead atoms. The SMILES string of the molecule is O=C(Cc1nnc(-c2ccc3ncccc3c2)o1)Nc1ccc(OC(F)(F)F)cc1. The van der Waals surface area contributed by atoms with Crippen LogP contribution in [0.1, 0.15) is 5.89 Å². The quantitative estimate of drug-likeness (QED) is 0.522. The number of alkyl halides is 3. The molecule has 4 aromatic rings. The number of nitrogens with one attached hydrogen (secondary N) is 1. The van der Waals surface area contributed by atoms with E-state index in [9.17, 15) is 18.0 Å². The molecule has 0 aliphatic rings. The van der Waals surface area contributed by atoms with Crippen LogP contribution in [0.2, 0.25) is 0 Å². The molecule has 4 rings (SSSR count). The zero-order valence-electron chi connectivity index (χ0n) is 15.2. The molecule has 1 amide bonds. The first-order valence-corrected chi connectivity index (χ1v) is 8.69. The van der Waals surface area contributed by atoms with Gasteiger partial charge in [-0.05, 0) is 48.5 Å². The van der Waals surface area contributed by atoms with Crippen LogP contribution in [-0.2, 0) is 11.2 Å². The molecule has 0 aliphatic carbocycles. The van der Waals surface area contributed by atoms with E-state index >= 15 is 0 Å². The van der Waals surface area contributed by atoms with Gasteiger partial charge in [-0.3, -0.25) is 9.78 Å². The number of fused-ring (bicyclic) bond motifs is 1. The Balaban J connectivity index is 1.40. The van der Waals surface area contributed by atoms with Crippen LogP contribution in [0.25, 0.3) is 22.4 Å². The number of rotatable bonds is 5. The molecule has 1 N–H and O–H groups in total. The summed E-state index contributed by atoms with van der Waals surface area (Å²) >= 11 is 0. The van der Waals surface area contributed by atoms with E-state index < -0.39 is 12.3 Å². The van der Waals surface area contributed by atoms with Crippen molar-refractivity contribution >= 4 is 22.5 Å². The number of amides is 1. The Morgan fingerprint density at radius 3 is 2.63 bits per heavy atom. The average Bonchev–Trinajstić information content (AvgIpc) is 3.16. The van der Waals surface area contributed by atoms with Crippen LogP contribution < -0.4 is 10.1 Å². The van der Waals surface area contributed by atoms with Gasteiger partial charge in [-0.15, -0.1) is 23.4 Å². The van der Waals surface area contributed by atoms with Gasteiger partial charge in [0.05, 0.1) is 5.52 Å². The van der Waals surface area contributed by atoms with Gasteiger partial charge >= 0.3 is 6.36 Å². The van der Waals surface area contributed by atoms with Gasteiger partial charge in [0.1, 0.15) is 12.2 Å². The van der Waals surface area contributed by atoms with Crippen molar-refractivity contribution in [1.82, 2.24) is 15.2 Å². The minimum Gasteiger partial charge on any atom is -0.420 e. The van der Waals surface area contributed by atoms with E-state index in [0.29, 0.717) is 11.3 Å². The van der Waals surface area contributed by atoms with Gasteiger partial charge < -0.3 is 14.5 Å².